The van der Waals surface area contributed by atoms with E-state index in [2.05, 4.69) is 0 Å². The fourth-order valence-electron chi connectivity index (χ4n) is 1.17. The van der Waals surface area contributed by atoms with Gasteiger partial charge in [-0.25, -0.2) is 0 Å². The molecule has 0 aromatic carbocycles. The van der Waals surface area contributed by atoms with Crippen LogP contribution in [0.2, 0.25) is 0 Å². The van der Waals surface area contributed by atoms with Crippen molar-refractivity contribution >= 4 is 17.0 Å². The number of hydrogen-bond donors (Lipinski definition) is 1. The summed E-state index contributed by atoms with van der Waals surface area (Å²) in [4.78, 5) is 10.3. The van der Waals surface area contributed by atoms with Gasteiger partial charge in [0.25, 0.3) is 5.24 Å². The van der Waals surface area contributed by atoms with Crippen molar-refractivity contribution in [3.05, 3.63) is 0 Å². The Bertz CT molecular complexity index is 110. The van der Waals surface area contributed by atoms with E-state index < -0.39 is 0 Å². The third-order valence-electron chi connectivity index (χ3n) is 1.59. The van der Waals surface area contributed by atoms with Crippen LogP contribution in [0.5, 0.6) is 0 Å². The van der Waals surface area contributed by atoms with E-state index in [-0.39, 0.29) is 5.24 Å². The Kier molecular flexibility index (Phi) is 2.39. The Morgan fingerprint density at radius 2 is 2.00 bits per heavy atom. The molecular weight excluding hydrogens is 134 g/mol. The SMILES string of the molecule is NC(=O)SC1CCCC1. The van der Waals surface area contributed by atoms with Crippen LogP contribution in [0, 0.1) is 0 Å². The highest BCUT2D eigenvalue weighted by Gasteiger charge is 2.16. The summed E-state index contributed by atoms with van der Waals surface area (Å²) in [6.07, 6.45) is 4.89. The van der Waals surface area contributed by atoms with E-state index in [9.17, 15) is 4.79 Å². The maximum Gasteiger partial charge on any atom is 0.276 e. The van der Waals surface area contributed by atoms with Crippen molar-refractivity contribution in [2.24, 2.45) is 5.73 Å². The lowest BCUT2D eigenvalue weighted by Gasteiger charge is -2.01. The van der Waals surface area contributed by atoms with E-state index in [1.54, 1.807) is 0 Å². The smallest absolute Gasteiger partial charge is 0.276 e. The van der Waals surface area contributed by atoms with Crippen LogP contribution >= 0.6 is 11.8 Å². The Balaban J connectivity index is 2.19. The zero-order chi connectivity index (χ0) is 6.69. The van der Waals surface area contributed by atoms with E-state index in [0.717, 1.165) is 0 Å². The summed E-state index contributed by atoms with van der Waals surface area (Å²) in [6.45, 7) is 0. The molecule has 9 heavy (non-hydrogen) atoms. The van der Waals surface area contributed by atoms with Gasteiger partial charge in [-0.2, -0.15) is 0 Å². The number of thioether (sulfide) groups is 1. The van der Waals surface area contributed by atoms with Gasteiger partial charge in [0.05, 0.1) is 0 Å². The predicted octanol–water partition coefficient (Wildman–Crippen LogP) is 1.74. The van der Waals surface area contributed by atoms with Crippen LogP contribution in [-0.2, 0) is 0 Å². The molecule has 0 heterocycles. The van der Waals surface area contributed by atoms with Crippen molar-refractivity contribution in [1.29, 1.82) is 0 Å². The van der Waals surface area contributed by atoms with Crippen molar-refractivity contribution in [2.75, 3.05) is 0 Å². The van der Waals surface area contributed by atoms with Gasteiger partial charge in [-0.1, -0.05) is 24.6 Å². The Morgan fingerprint density at radius 1 is 1.44 bits per heavy atom. The van der Waals surface area contributed by atoms with E-state index in [1.165, 1.54) is 37.4 Å². The van der Waals surface area contributed by atoms with Crippen LogP contribution in [-0.4, -0.2) is 10.5 Å². The summed E-state index contributed by atoms with van der Waals surface area (Å²) < 4.78 is 0. The molecule has 3 heteroatoms. The second-order valence-electron chi connectivity index (χ2n) is 2.34. The first-order valence-electron chi connectivity index (χ1n) is 3.25. The second-order valence-corrected chi connectivity index (χ2v) is 3.65. The van der Waals surface area contributed by atoms with E-state index in [4.69, 9.17) is 5.73 Å². The zero-order valence-electron chi connectivity index (χ0n) is 5.30. The molecule has 1 fully saturated rings. The number of amides is 1. The minimum absolute atomic E-state index is 0.220. The first-order valence-corrected chi connectivity index (χ1v) is 4.13. The summed E-state index contributed by atoms with van der Waals surface area (Å²) in [7, 11) is 0. The Labute approximate surface area is 59.2 Å². The minimum Gasteiger partial charge on any atom is -0.361 e. The molecule has 0 unspecified atom stereocenters. The molecule has 0 aliphatic heterocycles. The highest BCUT2D eigenvalue weighted by molar-refractivity contribution is 8.14. The molecule has 1 saturated carbocycles. The minimum atomic E-state index is -0.220. The van der Waals surface area contributed by atoms with Gasteiger partial charge in [0.1, 0.15) is 0 Å². The second kappa shape index (κ2) is 3.11. The quantitative estimate of drug-likeness (QED) is 0.610. The molecule has 2 nitrogen and oxygen atoms in total. The van der Waals surface area contributed by atoms with Gasteiger partial charge in [-0.3, -0.25) is 4.79 Å². The maximum absolute atomic E-state index is 10.3. The fraction of sp³-hybridized carbons (Fsp3) is 0.833. The molecule has 0 aromatic rings. The van der Waals surface area contributed by atoms with Crippen molar-refractivity contribution in [1.82, 2.24) is 0 Å². The van der Waals surface area contributed by atoms with Crippen LogP contribution in [0.15, 0.2) is 0 Å². The normalized spacial score (nSPS) is 20.4. The van der Waals surface area contributed by atoms with Crippen molar-refractivity contribution < 1.29 is 4.79 Å². The highest BCUT2D eigenvalue weighted by Crippen LogP contribution is 2.28. The molecular formula is C6H11NOS. The average Bonchev–Trinajstić information content (AvgIpc) is 2.15. The number of rotatable bonds is 1. The lowest BCUT2D eigenvalue weighted by Crippen LogP contribution is -2.08. The third kappa shape index (κ3) is 2.26. The molecule has 2 N–H and O–H groups in total. The maximum atomic E-state index is 10.3. The lowest BCUT2D eigenvalue weighted by molar-refractivity contribution is 0.267. The summed E-state index contributed by atoms with van der Waals surface area (Å²) in [5.74, 6) is 0. The molecule has 0 spiro atoms. The summed E-state index contributed by atoms with van der Waals surface area (Å²) in [5, 5.41) is 0.310. The Morgan fingerprint density at radius 3 is 2.44 bits per heavy atom. The van der Waals surface area contributed by atoms with Crippen molar-refractivity contribution in [3.63, 3.8) is 0 Å². The first-order chi connectivity index (χ1) is 4.29. The standard InChI is InChI=1S/C6H11NOS/c7-6(8)9-5-3-1-2-4-5/h5H,1-4H2,(H2,7,8). The van der Waals surface area contributed by atoms with Crippen molar-refractivity contribution in [2.45, 2.75) is 30.9 Å². The monoisotopic (exact) mass is 145 g/mol. The van der Waals surface area contributed by atoms with Gasteiger partial charge < -0.3 is 5.73 Å². The largest absolute Gasteiger partial charge is 0.361 e. The van der Waals surface area contributed by atoms with E-state index in [1.807, 2.05) is 0 Å². The van der Waals surface area contributed by atoms with E-state index in [0.29, 0.717) is 5.25 Å². The zero-order valence-corrected chi connectivity index (χ0v) is 6.12. The van der Waals surface area contributed by atoms with Crippen LogP contribution in [0.3, 0.4) is 0 Å². The molecule has 1 aliphatic rings. The number of carbonyl (C=O) groups is 1. The first kappa shape index (κ1) is 6.93. The molecule has 0 aromatic heterocycles. The molecule has 52 valence electrons. The number of primary amides is 1. The number of carbonyl (C=O) groups excluding carboxylic acids is 1. The molecule has 0 saturated heterocycles. The predicted molar refractivity (Wildman–Crippen MR) is 39.4 cm³/mol. The molecule has 0 radical (unpaired) electrons. The Hall–Kier alpha value is -0.180. The number of hydrogen-bond acceptors (Lipinski definition) is 2. The number of nitrogens with two attached hydrogens (primary N) is 1. The van der Waals surface area contributed by atoms with Gasteiger partial charge in [-0.05, 0) is 12.8 Å². The molecule has 0 atom stereocenters. The van der Waals surface area contributed by atoms with Crippen LogP contribution in [0.4, 0.5) is 4.79 Å². The van der Waals surface area contributed by atoms with Crippen LogP contribution < -0.4 is 5.73 Å². The van der Waals surface area contributed by atoms with Gasteiger partial charge >= 0.3 is 0 Å². The van der Waals surface area contributed by atoms with Gasteiger partial charge in [0, 0.05) is 5.25 Å². The van der Waals surface area contributed by atoms with Gasteiger partial charge in [0.2, 0.25) is 0 Å². The third-order valence-corrected chi connectivity index (χ3v) is 2.62. The highest BCUT2D eigenvalue weighted by atomic mass is 32.2. The lowest BCUT2D eigenvalue weighted by atomic mass is 10.4. The molecule has 1 aliphatic carbocycles. The molecule has 0 bridgehead atoms. The van der Waals surface area contributed by atoms with Crippen molar-refractivity contribution in [3.8, 4) is 0 Å². The molecule has 1 amide bonds. The summed E-state index contributed by atoms with van der Waals surface area (Å²) in [5.41, 5.74) is 5.00. The fourth-order valence-corrected chi connectivity index (χ4v) is 2.07. The van der Waals surface area contributed by atoms with Gasteiger partial charge in [-0.15, -0.1) is 0 Å². The van der Waals surface area contributed by atoms with Crippen LogP contribution in [0.25, 0.3) is 0 Å². The molecule has 1 rings (SSSR count). The van der Waals surface area contributed by atoms with E-state index >= 15 is 0 Å². The van der Waals surface area contributed by atoms with Gasteiger partial charge in [0.15, 0.2) is 0 Å². The summed E-state index contributed by atoms with van der Waals surface area (Å²) in [6, 6.07) is 0. The average molecular weight is 145 g/mol. The van der Waals surface area contributed by atoms with Crippen LogP contribution in [0.1, 0.15) is 25.7 Å². The topological polar surface area (TPSA) is 43.1 Å². The summed E-state index contributed by atoms with van der Waals surface area (Å²) >= 11 is 1.30.